The molecule has 1 saturated heterocycles. The Balaban J connectivity index is 2.54. The molecule has 116 valence electrons. The molecule has 0 aromatic heterocycles. The smallest absolute Gasteiger partial charge is 0.273 e. The molecule has 0 radical (unpaired) electrons. The largest absolute Gasteiger partial charge is 0.331 e. The molecule has 5 nitrogen and oxygen atoms in total. The van der Waals surface area contributed by atoms with Crippen molar-refractivity contribution in [1.82, 2.24) is 10.2 Å². The summed E-state index contributed by atoms with van der Waals surface area (Å²) in [5.74, 6) is -1.45. The second kappa shape index (κ2) is 5.74. The molecule has 1 aromatic rings. The number of hydrogen-bond acceptors (Lipinski definition) is 3. The highest BCUT2D eigenvalue weighted by Gasteiger charge is 2.41. The predicted molar refractivity (Wildman–Crippen MR) is 84.6 cm³/mol. The summed E-state index contributed by atoms with van der Waals surface area (Å²) in [4.78, 5) is 37.4. The van der Waals surface area contributed by atoms with Gasteiger partial charge in [0.05, 0.1) is 0 Å². The Bertz CT molecular complexity index is 685. The summed E-state index contributed by atoms with van der Waals surface area (Å²) in [6.07, 6.45) is 1.30. The second-order valence-electron chi connectivity index (χ2n) is 5.76. The normalized spacial score (nSPS) is 18.0. The molecule has 1 heterocycles. The molecular formula is C15H14Cl2N2O3. The number of carbonyl (C=O) groups is 3. The summed E-state index contributed by atoms with van der Waals surface area (Å²) in [5, 5.41) is 2.76. The van der Waals surface area contributed by atoms with Crippen molar-refractivity contribution in [3.8, 4) is 0 Å². The first kappa shape index (κ1) is 16.5. The van der Waals surface area contributed by atoms with Gasteiger partial charge in [0.2, 0.25) is 0 Å². The van der Waals surface area contributed by atoms with Crippen LogP contribution in [0.15, 0.2) is 23.8 Å². The van der Waals surface area contributed by atoms with Gasteiger partial charge in [-0.25, -0.2) is 4.79 Å². The van der Waals surface area contributed by atoms with Crippen LogP contribution in [0.5, 0.6) is 0 Å². The van der Waals surface area contributed by atoms with Crippen LogP contribution < -0.4 is 5.32 Å². The number of urea groups is 1. The number of nitrogens with zero attached hydrogens (tertiary/aromatic N) is 1. The summed E-state index contributed by atoms with van der Waals surface area (Å²) >= 11 is 12.1. The summed E-state index contributed by atoms with van der Waals surface area (Å²) in [7, 11) is 0. The van der Waals surface area contributed by atoms with Crippen LogP contribution in [0.1, 0.15) is 26.3 Å². The standard InChI is InChI=1S/C15H14Cl2N2O3/c1-15(2,3)19-13(21)9(12(20)18-14(19)22)7-8-10(16)5-4-6-11(8)17/h4-7H,1-3H3,(H,18,20,22)/b9-7+. The molecule has 2 rings (SSSR count). The van der Waals surface area contributed by atoms with Gasteiger partial charge in [-0.3, -0.25) is 19.8 Å². The number of halogens is 2. The van der Waals surface area contributed by atoms with Gasteiger partial charge in [-0.1, -0.05) is 29.3 Å². The van der Waals surface area contributed by atoms with Gasteiger partial charge < -0.3 is 0 Å². The highest BCUT2D eigenvalue weighted by Crippen LogP contribution is 2.29. The van der Waals surface area contributed by atoms with Crippen LogP contribution in [-0.4, -0.2) is 28.3 Å². The Morgan fingerprint density at radius 2 is 1.64 bits per heavy atom. The minimum absolute atomic E-state index is 0.190. The van der Waals surface area contributed by atoms with Gasteiger partial charge in [-0.15, -0.1) is 0 Å². The van der Waals surface area contributed by atoms with E-state index in [4.69, 9.17) is 23.2 Å². The van der Waals surface area contributed by atoms with Gasteiger partial charge in [0.1, 0.15) is 5.57 Å². The maximum atomic E-state index is 12.5. The minimum atomic E-state index is -0.773. The number of hydrogen-bond donors (Lipinski definition) is 1. The zero-order chi connectivity index (χ0) is 16.7. The van der Waals surface area contributed by atoms with Gasteiger partial charge in [0.15, 0.2) is 0 Å². The van der Waals surface area contributed by atoms with Crippen molar-refractivity contribution < 1.29 is 14.4 Å². The molecule has 1 aromatic carbocycles. The molecular weight excluding hydrogens is 327 g/mol. The van der Waals surface area contributed by atoms with Gasteiger partial charge in [-0.05, 0) is 39.0 Å². The van der Waals surface area contributed by atoms with Crippen molar-refractivity contribution >= 4 is 47.1 Å². The monoisotopic (exact) mass is 340 g/mol. The quantitative estimate of drug-likeness (QED) is 0.630. The second-order valence-corrected chi connectivity index (χ2v) is 6.58. The van der Waals surface area contributed by atoms with Crippen LogP contribution in [0.3, 0.4) is 0 Å². The average molecular weight is 341 g/mol. The third kappa shape index (κ3) is 3.00. The molecule has 1 N–H and O–H groups in total. The topological polar surface area (TPSA) is 66.5 Å². The lowest BCUT2D eigenvalue weighted by atomic mass is 10.0. The molecule has 1 fully saturated rings. The molecule has 0 unspecified atom stereocenters. The number of amides is 4. The van der Waals surface area contributed by atoms with Crippen molar-refractivity contribution in [2.45, 2.75) is 26.3 Å². The van der Waals surface area contributed by atoms with Gasteiger partial charge in [-0.2, -0.15) is 0 Å². The number of nitrogens with one attached hydrogen (secondary N) is 1. The van der Waals surface area contributed by atoms with E-state index in [9.17, 15) is 14.4 Å². The fourth-order valence-corrected chi connectivity index (χ4v) is 2.57. The maximum Gasteiger partial charge on any atom is 0.331 e. The Hall–Kier alpha value is -1.85. The molecule has 0 atom stereocenters. The van der Waals surface area contributed by atoms with Crippen molar-refractivity contribution in [2.24, 2.45) is 0 Å². The minimum Gasteiger partial charge on any atom is -0.273 e. The molecule has 7 heteroatoms. The van der Waals surface area contributed by atoms with E-state index in [1.54, 1.807) is 39.0 Å². The van der Waals surface area contributed by atoms with E-state index >= 15 is 0 Å². The summed E-state index contributed by atoms with van der Waals surface area (Å²) in [6.45, 7) is 5.08. The number of rotatable bonds is 1. The van der Waals surface area contributed by atoms with Crippen LogP contribution in [0.2, 0.25) is 10.0 Å². The Kier molecular flexibility index (Phi) is 4.31. The average Bonchev–Trinajstić information content (AvgIpc) is 2.35. The predicted octanol–water partition coefficient (Wildman–Crippen LogP) is 3.25. The van der Waals surface area contributed by atoms with Gasteiger partial charge in [0, 0.05) is 21.1 Å². The number of imide groups is 2. The molecule has 1 aliphatic heterocycles. The first-order valence-electron chi connectivity index (χ1n) is 6.48. The first-order valence-corrected chi connectivity index (χ1v) is 7.24. The zero-order valence-corrected chi connectivity index (χ0v) is 13.7. The van der Waals surface area contributed by atoms with Crippen LogP contribution in [-0.2, 0) is 9.59 Å². The van der Waals surface area contributed by atoms with Crippen molar-refractivity contribution in [2.75, 3.05) is 0 Å². The third-order valence-electron chi connectivity index (χ3n) is 3.06. The van der Waals surface area contributed by atoms with Crippen molar-refractivity contribution in [3.63, 3.8) is 0 Å². The lowest BCUT2D eigenvalue weighted by Gasteiger charge is -2.36. The third-order valence-corrected chi connectivity index (χ3v) is 3.72. The number of benzene rings is 1. The van der Waals surface area contributed by atoms with E-state index in [0.717, 1.165) is 4.90 Å². The van der Waals surface area contributed by atoms with Gasteiger partial charge >= 0.3 is 6.03 Å². The zero-order valence-electron chi connectivity index (χ0n) is 12.2. The molecule has 4 amide bonds. The molecule has 0 bridgehead atoms. The van der Waals surface area contributed by atoms with Gasteiger partial charge in [0.25, 0.3) is 11.8 Å². The molecule has 22 heavy (non-hydrogen) atoms. The Morgan fingerprint density at radius 1 is 1.09 bits per heavy atom. The van der Waals surface area contributed by atoms with Crippen LogP contribution in [0.4, 0.5) is 4.79 Å². The summed E-state index contributed by atoms with van der Waals surface area (Å²) < 4.78 is 0. The summed E-state index contributed by atoms with van der Waals surface area (Å²) in [6, 6.07) is 4.10. The van der Waals surface area contributed by atoms with E-state index in [2.05, 4.69) is 5.32 Å². The molecule has 0 aliphatic carbocycles. The molecule has 1 aliphatic rings. The van der Waals surface area contributed by atoms with E-state index in [0.29, 0.717) is 15.6 Å². The molecule has 0 spiro atoms. The maximum absolute atomic E-state index is 12.5. The lowest BCUT2D eigenvalue weighted by Crippen LogP contribution is -2.60. The van der Waals surface area contributed by atoms with E-state index < -0.39 is 23.4 Å². The first-order chi connectivity index (χ1) is 10.1. The van der Waals surface area contributed by atoms with E-state index in [1.807, 2.05) is 0 Å². The SMILES string of the molecule is CC(C)(C)N1C(=O)NC(=O)/C(=C\c2c(Cl)cccc2Cl)C1=O. The van der Waals surface area contributed by atoms with E-state index in [-0.39, 0.29) is 5.57 Å². The van der Waals surface area contributed by atoms with Crippen molar-refractivity contribution in [1.29, 1.82) is 0 Å². The molecule has 0 saturated carbocycles. The van der Waals surface area contributed by atoms with Crippen LogP contribution in [0, 0.1) is 0 Å². The fourth-order valence-electron chi connectivity index (χ4n) is 2.06. The summed E-state index contributed by atoms with van der Waals surface area (Å²) in [5.41, 5.74) is -0.609. The highest BCUT2D eigenvalue weighted by atomic mass is 35.5. The lowest BCUT2D eigenvalue weighted by molar-refractivity contribution is -0.133. The van der Waals surface area contributed by atoms with Crippen LogP contribution in [0.25, 0.3) is 6.08 Å². The highest BCUT2D eigenvalue weighted by molar-refractivity contribution is 6.38. The number of barbiturate groups is 1. The van der Waals surface area contributed by atoms with E-state index in [1.165, 1.54) is 6.08 Å². The Morgan fingerprint density at radius 3 is 2.14 bits per heavy atom. The van der Waals surface area contributed by atoms with Crippen molar-refractivity contribution in [3.05, 3.63) is 39.4 Å². The van der Waals surface area contributed by atoms with Crippen LogP contribution >= 0.6 is 23.2 Å². The number of carbonyl (C=O) groups excluding carboxylic acids is 3. The fraction of sp³-hybridized carbons (Fsp3) is 0.267. The Labute approximate surface area is 137 Å².